The van der Waals surface area contributed by atoms with Crippen molar-refractivity contribution in [1.82, 2.24) is 20.4 Å². The summed E-state index contributed by atoms with van der Waals surface area (Å²) in [6.07, 6.45) is 4.30. The first-order valence-corrected chi connectivity index (χ1v) is 10.2. The number of piperidine rings is 1. The van der Waals surface area contributed by atoms with Gasteiger partial charge in [0, 0.05) is 45.3 Å². The van der Waals surface area contributed by atoms with Gasteiger partial charge < -0.3 is 19.5 Å². The Morgan fingerprint density at radius 3 is 2.79 bits per heavy atom. The molecule has 7 nitrogen and oxygen atoms in total. The van der Waals surface area contributed by atoms with Crippen LogP contribution in [0.3, 0.4) is 0 Å². The minimum Gasteiger partial charge on any atom is -0.378 e. The fraction of sp³-hybridized carbons (Fsp3) is 0.571. The summed E-state index contributed by atoms with van der Waals surface area (Å²) in [4.78, 5) is 11.2. The molecule has 1 saturated heterocycles. The lowest BCUT2D eigenvalue weighted by Crippen LogP contribution is -2.46. The Kier molecular flexibility index (Phi) is 9.86. The average Bonchev–Trinajstić information content (AvgIpc) is 3.19. The van der Waals surface area contributed by atoms with Crippen molar-refractivity contribution in [3.05, 3.63) is 35.7 Å². The van der Waals surface area contributed by atoms with Gasteiger partial charge in [-0.1, -0.05) is 24.2 Å². The van der Waals surface area contributed by atoms with Crippen molar-refractivity contribution in [2.24, 2.45) is 4.99 Å². The Morgan fingerprint density at radius 2 is 2.10 bits per heavy atom. The van der Waals surface area contributed by atoms with Crippen molar-refractivity contribution in [3.8, 4) is 11.5 Å². The van der Waals surface area contributed by atoms with Crippen molar-refractivity contribution in [2.45, 2.75) is 52.2 Å². The number of benzene rings is 1. The van der Waals surface area contributed by atoms with Crippen molar-refractivity contribution in [2.75, 3.05) is 26.7 Å². The number of likely N-dealkylation sites (tertiary alicyclic amines) is 1. The van der Waals surface area contributed by atoms with E-state index in [1.165, 1.54) is 0 Å². The molecule has 1 aromatic heterocycles. The summed E-state index contributed by atoms with van der Waals surface area (Å²) >= 11 is 0. The number of aromatic nitrogens is 2. The van der Waals surface area contributed by atoms with Gasteiger partial charge in [-0.25, -0.2) is 0 Å². The molecule has 1 aromatic carbocycles. The normalized spacial score (nSPS) is 15.3. The molecule has 160 valence electrons. The minimum atomic E-state index is 0. The molecule has 0 radical (unpaired) electrons. The van der Waals surface area contributed by atoms with Gasteiger partial charge in [-0.15, -0.1) is 24.0 Å². The highest BCUT2D eigenvalue weighted by Crippen LogP contribution is 2.19. The predicted molar refractivity (Wildman–Crippen MR) is 126 cm³/mol. The van der Waals surface area contributed by atoms with Crippen LogP contribution < -0.4 is 5.32 Å². The van der Waals surface area contributed by atoms with Crippen LogP contribution in [0.5, 0.6) is 0 Å². The van der Waals surface area contributed by atoms with Crippen LogP contribution in [0.4, 0.5) is 0 Å². The van der Waals surface area contributed by atoms with Gasteiger partial charge in [0.25, 0.3) is 5.89 Å². The van der Waals surface area contributed by atoms with E-state index in [9.17, 15) is 0 Å². The molecule has 0 unspecified atom stereocenters. The second kappa shape index (κ2) is 12.1. The molecule has 0 atom stereocenters. The molecule has 1 aliphatic heterocycles. The zero-order chi connectivity index (χ0) is 19.8. The van der Waals surface area contributed by atoms with Gasteiger partial charge in [0.2, 0.25) is 0 Å². The summed E-state index contributed by atoms with van der Waals surface area (Å²) in [6, 6.07) is 8.20. The number of rotatable bonds is 7. The Morgan fingerprint density at radius 1 is 1.31 bits per heavy atom. The molecular weight excluding hydrogens is 481 g/mol. The summed E-state index contributed by atoms with van der Waals surface area (Å²) in [5.41, 5.74) is 2.10. The SMILES string of the molecule is CCCc1noc(-c2cccc(CNC(=NC)N3CCC(OCC)CC3)c2)n1.I. The van der Waals surface area contributed by atoms with E-state index in [1.807, 2.05) is 19.2 Å². The summed E-state index contributed by atoms with van der Waals surface area (Å²) in [5.74, 6) is 2.27. The van der Waals surface area contributed by atoms with Gasteiger partial charge in [0.1, 0.15) is 0 Å². The zero-order valence-electron chi connectivity index (χ0n) is 17.6. The third kappa shape index (κ3) is 6.67. The maximum absolute atomic E-state index is 5.74. The molecule has 0 bridgehead atoms. The van der Waals surface area contributed by atoms with E-state index in [0.29, 0.717) is 18.5 Å². The Labute approximate surface area is 190 Å². The summed E-state index contributed by atoms with van der Waals surface area (Å²) in [6.45, 7) is 7.57. The fourth-order valence-corrected chi connectivity index (χ4v) is 3.49. The van der Waals surface area contributed by atoms with E-state index in [2.05, 4.69) is 51.3 Å². The van der Waals surface area contributed by atoms with Gasteiger partial charge in [-0.3, -0.25) is 4.99 Å². The highest BCUT2D eigenvalue weighted by molar-refractivity contribution is 14.0. The standard InChI is InChI=1S/C21H31N5O2.HI/c1-4-7-19-24-20(28-25-19)17-9-6-8-16(14-17)15-23-21(22-3)26-12-10-18(11-13-26)27-5-2;/h6,8-9,14,18H,4-5,7,10-13,15H2,1-3H3,(H,22,23);1H. The third-order valence-corrected chi connectivity index (χ3v) is 4.92. The van der Waals surface area contributed by atoms with Gasteiger partial charge in [0.15, 0.2) is 11.8 Å². The van der Waals surface area contributed by atoms with E-state index >= 15 is 0 Å². The van der Waals surface area contributed by atoms with Crippen LogP contribution in [0.1, 0.15) is 44.5 Å². The van der Waals surface area contributed by atoms with Crippen LogP contribution in [0.25, 0.3) is 11.5 Å². The van der Waals surface area contributed by atoms with Crippen LogP contribution in [0.15, 0.2) is 33.8 Å². The number of halogens is 1. The molecule has 1 fully saturated rings. The van der Waals surface area contributed by atoms with Crippen LogP contribution in [-0.4, -0.2) is 53.8 Å². The van der Waals surface area contributed by atoms with Crippen molar-refractivity contribution >= 4 is 29.9 Å². The molecule has 3 rings (SSSR count). The van der Waals surface area contributed by atoms with Gasteiger partial charge >= 0.3 is 0 Å². The minimum absolute atomic E-state index is 0. The number of ether oxygens (including phenoxy) is 1. The lowest BCUT2D eigenvalue weighted by molar-refractivity contribution is 0.0263. The highest BCUT2D eigenvalue weighted by Gasteiger charge is 2.21. The molecule has 29 heavy (non-hydrogen) atoms. The highest BCUT2D eigenvalue weighted by atomic mass is 127. The molecule has 2 heterocycles. The maximum Gasteiger partial charge on any atom is 0.257 e. The number of hydrogen-bond donors (Lipinski definition) is 1. The van der Waals surface area contributed by atoms with E-state index in [1.54, 1.807) is 0 Å². The molecule has 2 aromatic rings. The molecule has 8 heteroatoms. The first kappa shape index (κ1) is 23.6. The van der Waals surface area contributed by atoms with E-state index in [0.717, 1.165) is 68.3 Å². The molecule has 1 aliphatic rings. The van der Waals surface area contributed by atoms with Crippen molar-refractivity contribution in [3.63, 3.8) is 0 Å². The molecule has 1 N–H and O–H groups in total. The second-order valence-electron chi connectivity index (χ2n) is 7.01. The smallest absolute Gasteiger partial charge is 0.257 e. The average molecular weight is 513 g/mol. The Balaban J connectivity index is 0.00000300. The largest absolute Gasteiger partial charge is 0.378 e. The van der Waals surface area contributed by atoms with E-state index < -0.39 is 0 Å². The quantitative estimate of drug-likeness (QED) is 0.344. The number of aryl methyl sites for hydroxylation is 1. The summed E-state index contributed by atoms with van der Waals surface area (Å²) in [7, 11) is 1.83. The lowest BCUT2D eigenvalue weighted by atomic mass is 10.1. The van der Waals surface area contributed by atoms with Gasteiger partial charge in [0.05, 0.1) is 6.10 Å². The number of nitrogens with one attached hydrogen (secondary N) is 1. The number of nitrogens with zero attached hydrogens (tertiary/aromatic N) is 4. The topological polar surface area (TPSA) is 75.8 Å². The summed E-state index contributed by atoms with van der Waals surface area (Å²) < 4.78 is 11.1. The Hall–Kier alpha value is -1.68. The van der Waals surface area contributed by atoms with Crippen molar-refractivity contribution < 1.29 is 9.26 Å². The lowest BCUT2D eigenvalue weighted by Gasteiger charge is -2.34. The van der Waals surface area contributed by atoms with Gasteiger partial charge in [-0.2, -0.15) is 4.98 Å². The van der Waals surface area contributed by atoms with Crippen LogP contribution in [0, 0.1) is 0 Å². The summed E-state index contributed by atoms with van der Waals surface area (Å²) in [5, 5.41) is 7.52. The molecular formula is C21H32IN5O2. The zero-order valence-corrected chi connectivity index (χ0v) is 19.9. The molecule has 0 saturated carbocycles. The molecule has 0 aliphatic carbocycles. The van der Waals surface area contributed by atoms with E-state index in [4.69, 9.17) is 9.26 Å². The number of guanidine groups is 1. The first-order valence-electron chi connectivity index (χ1n) is 10.2. The van der Waals surface area contributed by atoms with Crippen LogP contribution in [-0.2, 0) is 17.7 Å². The predicted octanol–water partition coefficient (Wildman–Crippen LogP) is 3.88. The molecule has 0 amide bonds. The number of aliphatic imine (C=N–C) groups is 1. The monoisotopic (exact) mass is 513 g/mol. The van der Waals surface area contributed by atoms with Crippen molar-refractivity contribution in [1.29, 1.82) is 0 Å². The maximum atomic E-state index is 5.74. The second-order valence-corrected chi connectivity index (χ2v) is 7.01. The first-order chi connectivity index (χ1) is 13.7. The van der Waals surface area contributed by atoms with Crippen LogP contribution in [0.2, 0.25) is 0 Å². The fourth-order valence-electron chi connectivity index (χ4n) is 3.49. The number of hydrogen-bond acceptors (Lipinski definition) is 5. The van der Waals surface area contributed by atoms with Crippen LogP contribution >= 0.6 is 24.0 Å². The van der Waals surface area contributed by atoms with E-state index in [-0.39, 0.29) is 24.0 Å². The molecule has 0 spiro atoms. The third-order valence-electron chi connectivity index (χ3n) is 4.92. The van der Waals surface area contributed by atoms with Gasteiger partial charge in [-0.05, 0) is 43.9 Å². The Bertz CT molecular complexity index is 772.